The first-order chi connectivity index (χ1) is 18.1. The summed E-state index contributed by atoms with van der Waals surface area (Å²) in [6.45, 7) is 10.4. The normalized spacial score (nSPS) is 17.2. The molecule has 202 valence electrons. The highest BCUT2D eigenvalue weighted by Crippen LogP contribution is 2.33. The fraction of sp³-hybridized carbons (Fsp3) is 0.500. The minimum atomic E-state index is -0.515. The summed E-state index contributed by atoms with van der Waals surface area (Å²) < 4.78 is 2.44. The van der Waals surface area contributed by atoms with E-state index in [2.05, 4.69) is 43.3 Å². The average Bonchev–Trinajstić information content (AvgIpc) is 3.42. The molecule has 1 saturated heterocycles. The average molecular weight is 584 g/mol. The van der Waals surface area contributed by atoms with Gasteiger partial charge in [-0.05, 0) is 86.3 Å². The first kappa shape index (κ1) is 26.6. The van der Waals surface area contributed by atoms with Crippen LogP contribution in [0.15, 0.2) is 39.7 Å². The lowest BCUT2D eigenvalue weighted by molar-refractivity contribution is -0.201. The van der Waals surface area contributed by atoms with E-state index in [4.69, 9.17) is 9.82 Å². The third-order valence-electron chi connectivity index (χ3n) is 7.38. The molecule has 0 amide bonds. The molecule has 1 aromatic carbocycles. The van der Waals surface area contributed by atoms with Crippen LogP contribution in [0.4, 0.5) is 17.3 Å². The number of piperazine rings is 1. The fourth-order valence-electron chi connectivity index (χ4n) is 5.04. The first-order valence-electron chi connectivity index (χ1n) is 13.3. The summed E-state index contributed by atoms with van der Waals surface area (Å²) in [6, 6.07) is 8.31. The van der Waals surface area contributed by atoms with Crippen molar-refractivity contribution in [3.05, 3.63) is 50.9 Å². The molecule has 0 bridgehead atoms. The number of rotatable bonds is 5. The van der Waals surface area contributed by atoms with Crippen LogP contribution in [0.1, 0.15) is 58.1 Å². The number of halogens is 1. The lowest BCUT2D eigenvalue weighted by atomic mass is 9.98. The van der Waals surface area contributed by atoms with Gasteiger partial charge >= 0.3 is 5.97 Å². The zero-order valence-electron chi connectivity index (χ0n) is 22.5. The lowest BCUT2D eigenvalue weighted by Gasteiger charge is -2.35. The van der Waals surface area contributed by atoms with Gasteiger partial charge in [-0.25, -0.2) is 9.78 Å². The summed E-state index contributed by atoms with van der Waals surface area (Å²) in [4.78, 5) is 42.5. The van der Waals surface area contributed by atoms with Crippen molar-refractivity contribution in [2.24, 2.45) is 5.41 Å². The summed E-state index contributed by atoms with van der Waals surface area (Å²) in [7, 11) is 0. The van der Waals surface area contributed by atoms with E-state index in [1.165, 1.54) is 0 Å². The predicted octanol–water partition coefficient (Wildman–Crippen LogP) is 5.35. The van der Waals surface area contributed by atoms with Crippen molar-refractivity contribution in [2.75, 3.05) is 36.4 Å². The highest BCUT2D eigenvalue weighted by molar-refractivity contribution is 9.10. The van der Waals surface area contributed by atoms with Gasteiger partial charge in [0, 0.05) is 42.1 Å². The number of carbonyl (C=O) groups is 1. The zero-order chi connectivity index (χ0) is 27.0. The topological polar surface area (TPSA) is 92.6 Å². The van der Waals surface area contributed by atoms with Crippen molar-refractivity contribution in [3.8, 4) is 0 Å². The maximum Gasteiger partial charge on any atom is 0.330 e. The van der Waals surface area contributed by atoms with Crippen LogP contribution in [0.2, 0.25) is 0 Å². The van der Waals surface area contributed by atoms with E-state index in [0.717, 1.165) is 61.1 Å². The van der Waals surface area contributed by atoms with Gasteiger partial charge in [-0.2, -0.15) is 4.98 Å². The number of carbonyl (C=O) groups excluding carboxylic acids is 1. The molecular formula is C28H35BrN6O3. The molecule has 10 heteroatoms. The van der Waals surface area contributed by atoms with E-state index in [1.807, 2.05) is 44.4 Å². The van der Waals surface area contributed by atoms with E-state index in [1.54, 1.807) is 11.3 Å². The molecule has 2 fully saturated rings. The summed E-state index contributed by atoms with van der Waals surface area (Å²) in [5, 5.41) is 5.94. The number of hydrogen-bond acceptors (Lipinski definition) is 8. The van der Waals surface area contributed by atoms with E-state index in [9.17, 15) is 9.59 Å². The Balaban J connectivity index is 1.29. The van der Waals surface area contributed by atoms with Crippen molar-refractivity contribution >= 4 is 50.3 Å². The maximum absolute atomic E-state index is 13.2. The van der Waals surface area contributed by atoms with Crippen molar-refractivity contribution in [1.82, 2.24) is 19.6 Å². The Hall–Kier alpha value is -2.98. The number of hydroxylamine groups is 2. The number of nitrogens with one attached hydrogen (secondary N) is 1. The van der Waals surface area contributed by atoms with Gasteiger partial charge in [-0.1, -0.05) is 12.8 Å². The highest BCUT2D eigenvalue weighted by Gasteiger charge is 2.28. The van der Waals surface area contributed by atoms with Gasteiger partial charge in [-0.15, -0.1) is 5.06 Å². The van der Waals surface area contributed by atoms with Crippen LogP contribution in [0.3, 0.4) is 0 Å². The first-order valence-corrected chi connectivity index (χ1v) is 14.1. The standard InChI is InChI=1S/C28H35BrN6O3/c1-18-22-17-30-27(32-24(22)35(25(36)23(18)29)21-7-5-6-8-21)31-19-9-11-20(12-10-19)33-13-15-34(16-14-33)38-26(37)28(2,3)4/h9-12,17,21H,5-8,13-16H2,1-4H3,(H,30,31,32). The molecule has 1 aliphatic heterocycles. The Labute approximate surface area is 231 Å². The van der Waals surface area contributed by atoms with Crippen LogP contribution < -0.4 is 15.8 Å². The van der Waals surface area contributed by atoms with E-state index in [-0.39, 0.29) is 17.6 Å². The van der Waals surface area contributed by atoms with Gasteiger partial charge in [0.05, 0.1) is 23.0 Å². The second-order valence-electron chi connectivity index (χ2n) is 11.2. The summed E-state index contributed by atoms with van der Waals surface area (Å²) >= 11 is 3.50. The summed E-state index contributed by atoms with van der Waals surface area (Å²) in [5.74, 6) is 0.257. The van der Waals surface area contributed by atoms with Crippen molar-refractivity contribution in [3.63, 3.8) is 0 Å². The number of hydrogen-bond donors (Lipinski definition) is 1. The number of pyridine rings is 1. The third-order valence-corrected chi connectivity index (χ3v) is 8.31. The molecule has 1 aliphatic carbocycles. The van der Waals surface area contributed by atoms with Crippen molar-refractivity contribution in [2.45, 2.75) is 59.4 Å². The molecule has 0 spiro atoms. The second kappa shape index (κ2) is 10.6. The molecule has 3 heterocycles. The zero-order valence-corrected chi connectivity index (χ0v) is 24.0. The number of benzene rings is 1. The molecule has 0 unspecified atom stereocenters. The second-order valence-corrected chi connectivity index (χ2v) is 12.0. The largest absolute Gasteiger partial charge is 0.369 e. The van der Waals surface area contributed by atoms with E-state index in [0.29, 0.717) is 29.2 Å². The lowest BCUT2D eigenvalue weighted by Crippen LogP contribution is -2.48. The highest BCUT2D eigenvalue weighted by atomic mass is 79.9. The molecule has 38 heavy (non-hydrogen) atoms. The Morgan fingerprint density at radius 1 is 1.08 bits per heavy atom. The maximum atomic E-state index is 13.2. The molecule has 1 saturated carbocycles. The number of aryl methyl sites for hydroxylation is 1. The van der Waals surface area contributed by atoms with Crippen LogP contribution in [0.5, 0.6) is 0 Å². The Morgan fingerprint density at radius 2 is 1.74 bits per heavy atom. The summed E-state index contributed by atoms with van der Waals surface area (Å²) in [5.41, 5.74) is 2.98. The smallest absolute Gasteiger partial charge is 0.330 e. The molecule has 2 aliphatic rings. The van der Waals surface area contributed by atoms with Gasteiger partial charge in [0.25, 0.3) is 5.56 Å². The fourth-order valence-corrected chi connectivity index (χ4v) is 5.44. The van der Waals surface area contributed by atoms with Gasteiger partial charge in [0.1, 0.15) is 5.65 Å². The molecular weight excluding hydrogens is 548 g/mol. The van der Waals surface area contributed by atoms with Gasteiger partial charge < -0.3 is 15.1 Å². The molecule has 5 rings (SSSR count). The monoisotopic (exact) mass is 582 g/mol. The molecule has 0 radical (unpaired) electrons. The molecule has 1 N–H and O–H groups in total. The van der Waals surface area contributed by atoms with Gasteiger partial charge in [-0.3, -0.25) is 9.36 Å². The van der Waals surface area contributed by atoms with Crippen molar-refractivity contribution in [1.29, 1.82) is 0 Å². The van der Waals surface area contributed by atoms with E-state index >= 15 is 0 Å². The van der Waals surface area contributed by atoms with Crippen LogP contribution >= 0.6 is 15.9 Å². The van der Waals surface area contributed by atoms with Gasteiger partial charge in [0.15, 0.2) is 0 Å². The van der Waals surface area contributed by atoms with E-state index < -0.39 is 5.41 Å². The Kier molecular flexibility index (Phi) is 7.46. The molecule has 9 nitrogen and oxygen atoms in total. The number of nitrogens with zero attached hydrogens (tertiary/aromatic N) is 5. The minimum Gasteiger partial charge on any atom is -0.369 e. The van der Waals surface area contributed by atoms with Crippen molar-refractivity contribution < 1.29 is 9.63 Å². The number of fused-ring (bicyclic) bond motifs is 1. The number of aromatic nitrogens is 3. The Morgan fingerprint density at radius 3 is 2.37 bits per heavy atom. The Bertz CT molecular complexity index is 1380. The summed E-state index contributed by atoms with van der Waals surface area (Å²) in [6.07, 6.45) is 6.04. The van der Waals surface area contributed by atoms with Crippen LogP contribution in [-0.4, -0.2) is 51.7 Å². The number of anilines is 3. The SMILES string of the molecule is Cc1c(Br)c(=O)n(C2CCCC2)c2nc(Nc3ccc(N4CCN(OC(=O)C(C)(C)C)CC4)cc3)ncc12. The van der Waals surface area contributed by atoms with Gasteiger partial charge in [0.2, 0.25) is 5.95 Å². The molecule has 3 aromatic rings. The third kappa shape index (κ3) is 5.42. The molecule has 0 atom stereocenters. The van der Waals surface area contributed by atoms with Crippen LogP contribution in [-0.2, 0) is 9.63 Å². The van der Waals surface area contributed by atoms with Crippen LogP contribution in [0, 0.1) is 12.3 Å². The molecule has 2 aromatic heterocycles. The quantitative estimate of drug-likeness (QED) is 0.430. The predicted molar refractivity (Wildman–Crippen MR) is 153 cm³/mol. The van der Waals surface area contributed by atoms with Crippen LogP contribution in [0.25, 0.3) is 11.0 Å². The minimum absolute atomic E-state index is 0.0239.